The summed E-state index contributed by atoms with van der Waals surface area (Å²) in [4.78, 5) is 19.7. The lowest BCUT2D eigenvalue weighted by molar-refractivity contribution is 0.0541. The molecule has 1 atom stereocenters. The van der Waals surface area contributed by atoms with Gasteiger partial charge in [-0.25, -0.2) is 0 Å². The Morgan fingerprint density at radius 3 is 2.92 bits per heavy atom. The molecule has 1 amide bonds. The van der Waals surface area contributed by atoms with Gasteiger partial charge in [0.1, 0.15) is 5.58 Å². The van der Waals surface area contributed by atoms with E-state index < -0.39 is 0 Å². The molecule has 3 heterocycles. The number of benzene rings is 1. The smallest absolute Gasteiger partial charge is 0.290 e. The molecule has 0 bridgehead atoms. The summed E-state index contributed by atoms with van der Waals surface area (Å²) in [5, 5.41) is 1.05. The van der Waals surface area contributed by atoms with Crippen LogP contribution in [0.2, 0.25) is 0 Å². The zero-order chi connectivity index (χ0) is 16.7. The topological polar surface area (TPSA) is 39.9 Å². The van der Waals surface area contributed by atoms with Gasteiger partial charge in [-0.05, 0) is 39.5 Å². The number of para-hydroxylation sites is 1. The highest BCUT2D eigenvalue weighted by Crippen LogP contribution is 2.29. The number of piperazine rings is 1. The molecule has 0 saturated carbocycles. The number of nitrogens with zero attached hydrogens (tertiary/aromatic N) is 3. The van der Waals surface area contributed by atoms with Crippen molar-refractivity contribution in [3.05, 3.63) is 35.6 Å². The summed E-state index contributed by atoms with van der Waals surface area (Å²) in [5.74, 6) is 0.575. The second-order valence-corrected chi connectivity index (χ2v) is 7.23. The predicted octanol–water partition coefficient (Wildman–Crippen LogP) is 2.41. The van der Waals surface area contributed by atoms with Gasteiger partial charge in [-0.3, -0.25) is 9.69 Å². The van der Waals surface area contributed by atoms with Crippen molar-refractivity contribution in [2.75, 3.05) is 40.3 Å². The van der Waals surface area contributed by atoms with Crippen LogP contribution in [0.4, 0.5) is 0 Å². The molecular formula is C19H25N3O2. The summed E-state index contributed by atoms with van der Waals surface area (Å²) >= 11 is 0. The Labute approximate surface area is 142 Å². The van der Waals surface area contributed by atoms with E-state index in [1.165, 1.54) is 19.4 Å². The van der Waals surface area contributed by atoms with Crippen molar-refractivity contribution < 1.29 is 9.21 Å². The molecule has 1 aromatic heterocycles. The highest BCUT2D eigenvalue weighted by molar-refractivity contribution is 5.99. The summed E-state index contributed by atoms with van der Waals surface area (Å²) in [7, 11) is 4.04. The summed E-state index contributed by atoms with van der Waals surface area (Å²) in [5.41, 5.74) is 1.81. The SMILES string of the molecule is CN(C)Cc1c(C(=O)N2CCN3CCCC3C2)oc2ccccc12. The van der Waals surface area contributed by atoms with Crippen LogP contribution in [0.1, 0.15) is 29.0 Å². The van der Waals surface area contributed by atoms with Crippen molar-refractivity contribution in [3.63, 3.8) is 0 Å². The lowest BCUT2D eigenvalue weighted by Gasteiger charge is -2.37. The van der Waals surface area contributed by atoms with Crippen LogP contribution in [0, 0.1) is 0 Å². The van der Waals surface area contributed by atoms with E-state index in [1.54, 1.807) is 0 Å². The zero-order valence-electron chi connectivity index (χ0n) is 14.5. The van der Waals surface area contributed by atoms with E-state index in [-0.39, 0.29) is 5.91 Å². The maximum Gasteiger partial charge on any atom is 0.290 e. The molecule has 0 radical (unpaired) electrons. The van der Waals surface area contributed by atoms with Gasteiger partial charge in [0.2, 0.25) is 0 Å². The number of carbonyl (C=O) groups is 1. The summed E-state index contributed by atoms with van der Waals surface area (Å²) < 4.78 is 5.99. The Balaban J connectivity index is 1.66. The molecule has 2 fully saturated rings. The molecule has 0 aliphatic carbocycles. The highest BCUT2D eigenvalue weighted by atomic mass is 16.3. The van der Waals surface area contributed by atoms with Gasteiger partial charge >= 0.3 is 0 Å². The van der Waals surface area contributed by atoms with Crippen LogP contribution >= 0.6 is 0 Å². The van der Waals surface area contributed by atoms with E-state index in [9.17, 15) is 4.79 Å². The van der Waals surface area contributed by atoms with Crippen LogP contribution < -0.4 is 0 Å². The Bertz CT molecular complexity index is 752. The van der Waals surface area contributed by atoms with Gasteiger partial charge in [0, 0.05) is 43.2 Å². The monoisotopic (exact) mass is 327 g/mol. The number of hydrogen-bond acceptors (Lipinski definition) is 4. The van der Waals surface area contributed by atoms with Crippen LogP contribution in [0.5, 0.6) is 0 Å². The number of hydrogen-bond donors (Lipinski definition) is 0. The van der Waals surface area contributed by atoms with Gasteiger partial charge < -0.3 is 14.2 Å². The molecule has 1 aromatic carbocycles. The minimum atomic E-state index is 0.0506. The van der Waals surface area contributed by atoms with Crippen molar-refractivity contribution in [2.45, 2.75) is 25.4 Å². The van der Waals surface area contributed by atoms with E-state index in [2.05, 4.69) is 9.80 Å². The summed E-state index contributed by atoms with van der Waals surface area (Å²) in [6.07, 6.45) is 2.46. The molecule has 4 rings (SSSR count). The predicted molar refractivity (Wildman–Crippen MR) is 94.1 cm³/mol. The number of furan rings is 1. The maximum absolute atomic E-state index is 13.2. The average Bonchev–Trinajstić information content (AvgIpc) is 3.18. The first kappa shape index (κ1) is 15.7. The molecule has 2 aliphatic rings. The van der Waals surface area contributed by atoms with Crippen molar-refractivity contribution in [2.24, 2.45) is 0 Å². The fourth-order valence-corrected chi connectivity index (χ4v) is 4.06. The molecule has 2 aromatic rings. The maximum atomic E-state index is 13.2. The number of rotatable bonds is 3. The Morgan fingerprint density at radius 2 is 2.08 bits per heavy atom. The van der Waals surface area contributed by atoms with Crippen molar-refractivity contribution in [1.82, 2.24) is 14.7 Å². The van der Waals surface area contributed by atoms with Gasteiger partial charge in [-0.2, -0.15) is 0 Å². The Hall–Kier alpha value is -1.85. The molecule has 5 heteroatoms. The van der Waals surface area contributed by atoms with Crippen LogP contribution in [0.15, 0.2) is 28.7 Å². The normalized spacial score (nSPS) is 21.6. The summed E-state index contributed by atoms with van der Waals surface area (Å²) in [6.45, 7) is 4.51. The number of amides is 1. The molecule has 128 valence electrons. The van der Waals surface area contributed by atoms with Gasteiger partial charge in [0.05, 0.1) is 0 Å². The number of fused-ring (bicyclic) bond motifs is 2. The molecule has 0 spiro atoms. The van der Waals surface area contributed by atoms with Crippen LogP contribution in [0.25, 0.3) is 11.0 Å². The molecular weight excluding hydrogens is 302 g/mol. The van der Waals surface area contributed by atoms with E-state index >= 15 is 0 Å². The van der Waals surface area contributed by atoms with Crippen LogP contribution in [-0.2, 0) is 6.54 Å². The molecule has 0 N–H and O–H groups in total. The summed E-state index contributed by atoms with van der Waals surface area (Å²) in [6, 6.07) is 8.48. The second-order valence-electron chi connectivity index (χ2n) is 7.23. The quantitative estimate of drug-likeness (QED) is 0.868. The zero-order valence-corrected chi connectivity index (χ0v) is 14.5. The van der Waals surface area contributed by atoms with Crippen molar-refractivity contribution in [3.8, 4) is 0 Å². The van der Waals surface area contributed by atoms with Crippen LogP contribution in [0.3, 0.4) is 0 Å². The average molecular weight is 327 g/mol. The molecule has 24 heavy (non-hydrogen) atoms. The fraction of sp³-hybridized carbons (Fsp3) is 0.526. The van der Waals surface area contributed by atoms with E-state index in [0.29, 0.717) is 18.3 Å². The minimum Gasteiger partial charge on any atom is -0.451 e. The van der Waals surface area contributed by atoms with Crippen molar-refractivity contribution in [1.29, 1.82) is 0 Å². The largest absolute Gasteiger partial charge is 0.451 e. The standard InChI is InChI=1S/C19H25N3O2/c1-20(2)13-16-15-7-3-4-8-17(15)24-18(16)19(23)22-11-10-21-9-5-6-14(21)12-22/h3-4,7-8,14H,5-6,9-13H2,1-2H3. The third kappa shape index (κ3) is 2.72. The molecule has 5 nitrogen and oxygen atoms in total. The van der Waals surface area contributed by atoms with Gasteiger partial charge in [-0.15, -0.1) is 0 Å². The Morgan fingerprint density at radius 1 is 1.25 bits per heavy atom. The third-order valence-corrected chi connectivity index (χ3v) is 5.24. The minimum absolute atomic E-state index is 0.0506. The molecule has 2 saturated heterocycles. The van der Waals surface area contributed by atoms with Gasteiger partial charge in [0.15, 0.2) is 5.76 Å². The Kier molecular flexibility index (Phi) is 4.06. The number of carbonyl (C=O) groups excluding carboxylic acids is 1. The lowest BCUT2D eigenvalue weighted by atomic mass is 10.1. The first-order valence-electron chi connectivity index (χ1n) is 8.82. The van der Waals surface area contributed by atoms with Gasteiger partial charge in [-0.1, -0.05) is 18.2 Å². The molecule has 1 unspecified atom stereocenters. The third-order valence-electron chi connectivity index (χ3n) is 5.24. The van der Waals surface area contributed by atoms with E-state index in [0.717, 1.165) is 36.2 Å². The molecule has 2 aliphatic heterocycles. The van der Waals surface area contributed by atoms with Crippen LogP contribution in [-0.4, -0.2) is 66.9 Å². The fourth-order valence-electron chi connectivity index (χ4n) is 4.06. The lowest BCUT2D eigenvalue weighted by Crippen LogP contribution is -2.52. The van der Waals surface area contributed by atoms with E-state index in [4.69, 9.17) is 4.42 Å². The first-order valence-corrected chi connectivity index (χ1v) is 8.82. The van der Waals surface area contributed by atoms with E-state index in [1.807, 2.05) is 43.3 Å². The highest BCUT2D eigenvalue weighted by Gasteiger charge is 2.34. The second kappa shape index (κ2) is 6.22. The first-order chi connectivity index (χ1) is 11.6. The van der Waals surface area contributed by atoms with Gasteiger partial charge in [0.25, 0.3) is 5.91 Å². The van der Waals surface area contributed by atoms with Crippen molar-refractivity contribution >= 4 is 16.9 Å².